The van der Waals surface area contributed by atoms with Crippen molar-refractivity contribution in [2.45, 2.75) is 26.7 Å². The van der Waals surface area contributed by atoms with Crippen molar-refractivity contribution in [3.05, 3.63) is 53.6 Å². The predicted molar refractivity (Wildman–Crippen MR) is 80.1 cm³/mol. The quantitative estimate of drug-likeness (QED) is 0.870. The highest BCUT2D eigenvalue weighted by atomic mass is 19.1. The fraction of sp³-hybridized carbons (Fsp3) is 0.235. The number of carbonyl (C=O) groups excluding carboxylic acids is 1. The highest BCUT2D eigenvalue weighted by Crippen LogP contribution is 2.29. The van der Waals surface area contributed by atoms with Crippen LogP contribution in [0.4, 0.5) is 14.5 Å². The molecular weight excluding hydrogens is 272 g/mol. The molecule has 2 rings (SSSR count). The summed E-state index contributed by atoms with van der Waals surface area (Å²) < 4.78 is 28.3. The van der Waals surface area contributed by atoms with Crippen LogP contribution in [0.3, 0.4) is 0 Å². The Kier molecular flexibility index (Phi) is 4.68. The van der Waals surface area contributed by atoms with Gasteiger partial charge in [-0.05, 0) is 31.0 Å². The van der Waals surface area contributed by atoms with Crippen LogP contribution in [0.2, 0.25) is 0 Å². The molecule has 0 bridgehead atoms. The average molecular weight is 289 g/mol. The van der Waals surface area contributed by atoms with Crippen LogP contribution in [0.1, 0.15) is 25.3 Å². The molecule has 21 heavy (non-hydrogen) atoms. The third-order valence-electron chi connectivity index (χ3n) is 3.14. The lowest BCUT2D eigenvalue weighted by Crippen LogP contribution is -2.11. The molecule has 1 amide bonds. The van der Waals surface area contributed by atoms with Gasteiger partial charge in [-0.1, -0.05) is 36.8 Å². The summed E-state index contributed by atoms with van der Waals surface area (Å²) in [5.41, 5.74) is 1.55. The molecule has 0 aliphatic carbocycles. The first-order valence-electron chi connectivity index (χ1n) is 6.87. The molecular formula is C17H17F2NO. The standard InChI is InChI=1S/C17H17F2NO/c1-3-4-16(21)20-13-9-14(18)17(15(19)10-13)12-7-5-11(2)6-8-12/h5-10H,3-4H2,1-2H3,(H,20,21). The number of rotatable bonds is 4. The molecule has 0 aliphatic rings. The highest BCUT2D eigenvalue weighted by molar-refractivity contribution is 5.91. The van der Waals surface area contributed by atoms with Gasteiger partial charge in [-0.3, -0.25) is 4.79 Å². The molecule has 0 aromatic heterocycles. The number of amides is 1. The Hall–Kier alpha value is -2.23. The monoisotopic (exact) mass is 289 g/mol. The van der Waals surface area contributed by atoms with Crippen molar-refractivity contribution in [3.63, 3.8) is 0 Å². The van der Waals surface area contributed by atoms with E-state index < -0.39 is 11.6 Å². The lowest BCUT2D eigenvalue weighted by Gasteiger charge is -2.10. The summed E-state index contributed by atoms with van der Waals surface area (Å²) in [6, 6.07) is 9.23. The van der Waals surface area contributed by atoms with Crippen LogP contribution in [-0.2, 0) is 4.79 Å². The second kappa shape index (κ2) is 6.48. The Labute approximate surface area is 122 Å². The minimum absolute atomic E-state index is 0.0801. The zero-order valence-electron chi connectivity index (χ0n) is 12.0. The SMILES string of the molecule is CCCC(=O)Nc1cc(F)c(-c2ccc(C)cc2)c(F)c1. The van der Waals surface area contributed by atoms with Crippen molar-refractivity contribution >= 4 is 11.6 Å². The third-order valence-corrected chi connectivity index (χ3v) is 3.14. The topological polar surface area (TPSA) is 29.1 Å². The van der Waals surface area contributed by atoms with E-state index in [9.17, 15) is 13.6 Å². The smallest absolute Gasteiger partial charge is 0.224 e. The van der Waals surface area contributed by atoms with Crippen LogP contribution in [0.15, 0.2) is 36.4 Å². The maximum atomic E-state index is 14.1. The van der Waals surface area contributed by atoms with Gasteiger partial charge in [0.1, 0.15) is 11.6 Å². The van der Waals surface area contributed by atoms with E-state index in [0.29, 0.717) is 18.4 Å². The molecule has 0 radical (unpaired) electrons. The van der Waals surface area contributed by atoms with Crippen molar-refractivity contribution in [1.82, 2.24) is 0 Å². The van der Waals surface area contributed by atoms with Gasteiger partial charge in [0.25, 0.3) is 0 Å². The summed E-state index contributed by atoms with van der Waals surface area (Å²) in [6.07, 6.45) is 1.00. The van der Waals surface area contributed by atoms with E-state index in [4.69, 9.17) is 0 Å². The third kappa shape index (κ3) is 3.66. The van der Waals surface area contributed by atoms with E-state index in [1.807, 2.05) is 13.8 Å². The van der Waals surface area contributed by atoms with Crippen molar-refractivity contribution < 1.29 is 13.6 Å². The van der Waals surface area contributed by atoms with E-state index in [1.165, 1.54) is 0 Å². The molecule has 0 atom stereocenters. The fourth-order valence-electron chi connectivity index (χ4n) is 2.09. The fourth-order valence-corrected chi connectivity index (χ4v) is 2.09. The molecule has 0 heterocycles. The van der Waals surface area contributed by atoms with Crippen LogP contribution in [0.5, 0.6) is 0 Å². The van der Waals surface area contributed by atoms with Gasteiger partial charge in [0.2, 0.25) is 5.91 Å². The first-order chi connectivity index (χ1) is 10.0. The first kappa shape index (κ1) is 15.2. The Morgan fingerprint density at radius 2 is 1.67 bits per heavy atom. The van der Waals surface area contributed by atoms with Crippen LogP contribution < -0.4 is 5.32 Å². The summed E-state index contributed by atoms with van der Waals surface area (Å²) >= 11 is 0. The number of anilines is 1. The zero-order valence-corrected chi connectivity index (χ0v) is 12.0. The summed E-state index contributed by atoms with van der Waals surface area (Å²) in [7, 11) is 0. The molecule has 0 saturated carbocycles. The Bertz CT molecular complexity index is 627. The maximum Gasteiger partial charge on any atom is 0.224 e. The van der Waals surface area contributed by atoms with Gasteiger partial charge in [0, 0.05) is 12.1 Å². The van der Waals surface area contributed by atoms with E-state index in [0.717, 1.165) is 17.7 Å². The Morgan fingerprint density at radius 3 is 2.19 bits per heavy atom. The number of hydrogen-bond acceptors (Lipinski definition) is 1. The molecule has 0 spiro atoms. The number of halogens is 2. The molecule has 2 aromatic rings. The van der Waals surface area contributed by atoms with E-state index in [-0.39, 0.29) is 17.2 Å². The van der Waals surface area contributed by atoms with E-state index in [1.54, 1.807) is 24.3 Å². The van der Waals surface area contributed by atoms with Crippen molar-refractivity contribution in [1.29, 1.82) is 0 Å². The van der Waals surface area contributed by atoms with Crippen LogP contribution in [0, 0.1) is 18.6 Å². The number of aryl methyl sites for hydroxylation is 1. The minimum atomic E-state index is -0.689. The van der Waals surface area contributed by atoms with E-state index in [2.05, 4.69) is 5.32 Å². The molecule has 0 unspecified atom stereocenters. The normalized spacial score (nSPS) is 10.5. The molecule has 1 N–H and O–H groups in total. The summed E-state index contributed by atoms with van der Waals surface area (Å²) in [4.78, 5) is 11.5. The van der Waals surface area contributed by atoms with Gasteiger partial charge in [-0.25, -0.2) is 8.78 Å². The molecule has 0 aliphatic heterocycles. The molecule has 4 heteroatoms. The molecule has 2 aromatic carbocycles. The number of nitrogens with one attached hydrogen (secondary N) is 1. The second-order valence-corrected chi connectivity index (χ2v) is 4.98. The van der Waals surface area contributed by atoms with Crippen LogP contribution >= 0.6 is 0 Å². The van der Waals surface area contributed by atoms with Gasteiger partial charge >= 0.3 is 0 Å². The van der Waals surface area contributed by atoms with Crippen LogP contribution in [0.25, 0.3) is 11.1 Å². The Balaban J connectivity index is 2.33. The predicted octanol–water partition coefficient (Wildman–Crippen LogP) is 4.68. The van der Waals surface area contributed by atoms with Gasteiger partial charge in [-0.2, -0.15) is 0 Å². The molecule has 110 valence electrons. The lowest BCUT2D eigenvalue weighted by atomic mass is 10.0. The van der Waals surface area contributed by atoms with Gasteiger partial charge in [-0.15, -0.1) is 0 Å². The molecule has 2 nitrogen and oxygen atoms in total. The van der Waals surface area contributed by atoms with Crippen molar-refractivity contribution in [2.75, 3.05) is 5.32 Å². The molecule has 0 saturated heterocycles. The summed E-state index contributed by atoms with van der Waals surface area (Å²) in [5.74, 6) is -1.63. The number of benzene rings is 2. The first-order valence-corrected chi connectivity index (χ1v) is 6.87. The summed E-state index contributed by atoms with van der Waals surface area (Å²) in [5, 5.41) is 2.49. The average Bonchev–Trinajstić information content (AvgIpc) is 2.40. The number of carbonyl (C=O) groups is 1. The maximum absolute atomic E-state index is 14.1. The van der Waals surface area contributed by atoms with Gasteiger partial charge < -0.3 is 5.32 Å². The van der Waals surface area contributed by atoms with Crippen LogP contribution in [-0.4, -0.2) is 5.91 Å². The number of hydrogen-bond donors (Lipinski definition) is 1. The molecule has 0 fully saturated rings. The zero-order chi connectivity index (χ0) is 15.4. The summed E-state index contributed by atoms with van der Waals surface area (Å²) in [6.45, 7) is 3.77. The van der Waals surface area contributed by atoms with Gasteiger partial charge in [0.05, 0.1) is 5.56 Å². The van der Waals surface area contributed by atoms with Gasteiger partial charge in [0.15, 0.2) is 0 Å². The highest BCUT2D eigenvalue weighted by Gasteiger charge is 2.14. The minimum Gasteiger partial charge on any atom is -0.326 e. The van der Waals surface area contributed by atoms with E-state index >= 15 is 0 Å². The second-order valence-electron chi connectivity index (χ2n) is 4.98. The van der Waals surface area contributed by atoms with Crippen molar-refractivity contribution in [3.8, 4) is 11.1 Å². The largest absolute Gasteiger partial charge is 0.326 e. The Morgan fingerprint density at radius 1 is 1.10 bits per heavy atom. The van der Waals surface area contributed by atoms with Crippen molar-refractivity contribution in [2.24, 2.45) is 0 Å². The lowest BCUT2D eigenvalue weighted by molar-refractivity contribution is -0.116.